The first-order chi connectivity index (χ1) is 19.4. The zero-order chi connectivity index (χ0) is 27.9. The first kappa shape index (κ1) is 27.5. The lowest BCUT2D eigenvalue weighted by molar-refractivity contribution is -0.145. The number of ether oxygens (including phenoxy) is 1. The molecule has 1 atom stereocenters. The fourth-order valence-corrected chi connectivity index (χ4v) is 5.14. The van der Waals surface area contributed by atoms with Gasteiger partial charge in [0.2, 0.25) is 17.7 Å². The molecule has 3 aromatic carbocycles. The highest BCUT2D eigenvalue weighted by Crippen LogP contribution is 2.23. The van der Waals surface area contributed by atoms with Gasteiger partial charge < -0.3 is 25.2 Å². The van der Waals surface area contributed by atoms with Gasteiger partial charge in [0.1, 0.15) is 17.5 Å². The summed E-state index contributed by atoms with van der Waals surface area (Å²) in [5.74, 6) is 0.557. The van der Waals surface area contributed by atoms with E-state index >= 15 is 0 Å². The summed E-state index contributed by atoms with van der Waals surface area (Å²) < 4.78 is 5.79. The fourth-order valence-electron chi connectivity index (χ4n) is 4.95. The monoisotopic (exact) mass is 561 g/mol. The number of piperazine rings is 2. The van der Waals surface area contributed by atoms with Crippen LogP contribution in [-0.2, 0) is 14.4 Å². The third kappa shape index (κ3) is 7.11. The number of nitrogens with zero attached hydrogens (tertiary/aromatic N) is 3. The van der Waals surface area contributed by atoms with Crippen molar-refractivity contribution >= 4 is 40.7 Å². The molecule has 0 radical (unpaired) electrons. The Hall–Kier alpha value is -4.08. The second-order valence-electron chi connectivity index (χ2n) is 9.83. The van der Waals surface area contributed by atoms with Crippen LogP contribution >= 0.6 is 11.6 Å². The number of carbonyl (C=O) groups excluding carboxylic acids is 3. The van der Waals surface area contributed by atoms with Gasteiger partial charge in [0.05, 0.1) is 13.0 Å². The Labute approximate surface area is 238 Å². The molecule has 0 bridgehead atoms. The number of para-hydroxylation sites is 1. The first-order valence-electron chi connectivity index (χ1n) is 13.4. The zero-order valence-corrected chi connectivity index (χ0v) is 22.8. The van der Waals surface area contributed by atoms with Gasteiger partial charge in [-0.3, -0.25) is 19.3 Å². The molecule has 208 valence electrons. The molecule has 2 aliphatic heterocycles. The Balaban J connectivity index is 1.13. The lowest BCUT2D eigenvalue weighted by atomic mass is 10.1. The molecule has 3 aromatic rings. The summed E-state index contributed by atoms with van der Waals surface area (Å²) in [5, 5.41) is 6.31. The molecule has 2 N–H and O–H groups in total. The second kappa shape index (κ2) is 12.8. The van der Waals surface area contributed by atoms with Crippen molar-refractivity contribution in [1.29, 1.82) is 0 Å². The summed E-state index contributed by atoms with van der Waals surface area (Å²) in [6.07, 6.45) is -0.123. The smallest absolute Gasteiger partial charge is 0.243 e. The largest absolute Gasteiger partial charge is 0.457 e. The topological polar surface area (TPSA) is 94.2 Å². The predicted octanol–water partition coefficient (Wildman–Crippen LogP) is 3.61. The number of nitrogens with one attached hydrogen (secondary N) is 2. The molecule has 10 heteroatoms. The highest BCUT2D eigenvalue weighted by Gasteiger charge is 2.35. The van der Waals surface area contributed by atoms with Gasteiger partial charge in [0.15, 0.2) is 0 Å². The van der Waals surface area contributed by atoms with E-state index < -0.39 is 6.04 Å². The molecule has 3 amide bonds. The Morgan fingerprint density at radius 3 is 2.35 bits per heavy atom. The van der Waals surface area contributed by atoms with Crippen molar-refractivity contribution in [2.45, 2.75) is 12.5 Å². The number of carbonyl (C=O) groups is 3. The van der Waals surface area contributed by atoms with Crippen molar-refractivity contribution in [2.75, 3.05) is 56.0 Å². The quantitative estimate of drug-likeness (QED) is 0.436. The van der Waals surface area contributed by atoms with Crippen LogP contribution < -0.4 is 20.3 Å². The van der Waals surface area contributed by atoms with Crippen molar-refractivity contribution in [2.24, 2.45) is 0 Å². The maximum absolute atomic E-state index is 13.3. The average molecular weight is 562 g/mol. The summed E-state index contributed by atoms with van der Waals surface area (Å²) in [4.78, 5) is 44.7. The van der Waals surface area contributed by atoms with Crippen LogP contribution in [0.2, 0.25) is 5.02 Å². The van der Waals surface area contributed by atoms with E-state index in [0.717, 1.165) is 24.5 Å². The summed E-state index contributed by atoms with van der Waals surface area (Å²) in [7, 11) is 0. The molecule has 1 unspecified atom stereocenters. The number of anilines is 2. The van der Waals surface area contributed by atoms with E-state index in [4.69, 9.17) is 16.3 Å². The van der Waals surface area contributed by atoms with Crippen LogP contribution in [0, 0.1) is 0 Å². The third-order valence-electron chi connectivity index (χ3n) is 7.05. The van der Waals surface area contributed by atoms with E-state index in [2.05, 4.69) is 20.4 Å². The van der Waals surface area contributed by atoms with Crippen LogP contribution in [-0.4, -0.2) is 79.4 Å². The van der Waals surface area contributed by atoms with Crippen molar-refractivity contribution in [1.82, 2.24) is 15.1 Å². The lowest BCUT2D eigenvalue weighted by Crippen LogP contribution is -2.60. The van der Waals surface area contributed by atoms with Crippen LogP contribution in [0.1, 0.15) is 6.42 Å². The Morgan fingerprint density at radius 2 is 1.62 bits per heavy atom. The molecule has 0 aromatic heterocycles. The van der Waals surface area contributed by atoms with E-state index in [1.807, 2.05) is 54.6 Å². The maximum Gasteiger partial charge on any atom is 0.243 e. The fraction of sp³-hybridized carbons (Fsp3) is 0.300. The molecular formula is C30H32ClN5O4. The van der Waals surface area contributed by atoms with Crippen LogP contribution in [0.3, 0.4) is 0 Å². The van der Waals surface area contributed by atoms with Gasteiger partial charge in [-0.15, -0.1) is 0 Å². The molecule has 0 saturated carbocycles. The summed E-state index contributed by atoms with van der Waals surface area (Å²) >= 11 is 6.13. The number of amides is 3. The van der Waals surface area contributed by atoms with Gasteiger partial charge in [-0.2, -0.15) is 0 Å². The SMILES string of the molecule is O=C(CC1C(=O)NCCN1C(=O)CN1CCN(c2cccc(Cl)c2)CC1)Nc1ccc(Oc2ccccc2)cc1. The van der Waals surface area contributed by atoms with Gasteiger partial charge in [-0.05, 0) is 54.6 Å². The Morgan fingerprint density at radius 1 is 0.900 bits per heavy atom. The number of halogens is 1. The van der Waals surface area contributed by atoms with E-state index in [1.165, 1.54) is 0 Å². The van der Waals surface area contributed by atoms with Crippen molar-refractivity contribution in [3.05, 3.63) is 83.9 Å². The summed E-state index contributed by atoms with van der Waals surface area (Å²) in [6, 6.07) is 23.3. The van der Waals surface area contributed by atoms with Gasteiger partial charge in [0, 0.05) is 55.7 Å². The average Bonchev–Trinajstić information content (AvgIpc) is 2.96. The number of benzene rings is 3. The predicted molar refractivity (Wildman–Crippen MR) is 155 cm³/mol. The first-order valence-corrected chi connectivity index (χ1v) is 13.8. The molecule has 0 spiro atoms. The van der Waals surface area contributed by atoms with Crippen LogP contribution in [0.25, 0.3) is 0 Å². The minimum atomic E-state index is -0.852. The maximum atomic E-state index is 13.3. The van der Waals surface area contributed by atoms with E-state index in [-0.39, 0.29) is 30.7 Å². The molecule has 40 heavy (non-hydrogen) atoms. The molecule has 0 aliphatic carbocycles. The molecule has 2 fully saturated rings. The standard InChI is InChI=1S/C30H32ClN5O4/c31-22-5-4-6-24(19-22)35-17-15-34(16-18-35)21-29(38)36-14-13-32-30(39)27(36)20-28(37)33-23-9-11-26(12-10-23)40-25-7-2-1-3-8-25/h1-12,19,27H,13-18,20-21H2,(H,32,39)(H,33,37). The number of hydrogen-bond donors (Lipinski definition) is 2. The van der Waals surface area contributed by atoms with Gasteiger partial charge in [-0.1, -0.05) is 35.9 Å². The number of rotatable bonds is 8. The van der Waals surface area contributed by atoms with Crippen molar-refractivity contribution < 1.29 is 19.1 Å². The van der Waals surface area contributed by atoms with Crippen LogP contribution in [0.4, 0.5) is 11.4 Å². The lowest BCUT2D eigenvalue weighted by Gasteiger charge is -2.39. The summed E-state index contributed by atoms with van der Waals surface area (Å²) in [5.41, 5.74) is 1.65. The zero-order valence-electron chi connectivity index (χ0n) is 22.1. The molecule has 5 rings (SSSR count). The van der Waals surface area contributed by atoms with Crippen LogP contribution in [0.15, 0.2) is 78.9 Å². The second-order valence-corrected chi connectivity index (χ2v) is 10.3. The van der Waals surface area contributed by atoms with Gasteiger partial charge >= 0.3 is 0 Å². The van der Waals surface area contributed by atoms with Crippen LogP contribution in [0.5, 0.6) is 11.5 Å². The molecule has 9 nitrogen and oxygen atoms in total. The van der Waals surface area contributed by atoms with E-state index in [9.17, 15) is 14.4 Å². The number of hydrogen-bond acceptors (Lipinski definition) is 6. The molecule has 2 saturated heterocycles. The third-order valence-corrected chi connectivity index (χ3v) is 7.29. The minimum Gasteiger partial charge on any atom is -0.457 e. The molecular weight excluding hydrogens is 530 g/mol. The highest BCUT2D eigenvalue weighted by molar-refractivity contribution is 6.30. The normalized spacial score (nSPS) is 17.7. The Bertz CT molecular complexity index is 1330. The minimum absolute atomic E-state index is 0.123. The van der Waals surface area contributed by atoms with E-state index in [0.29, 0.717) is 42.6 Å². The summed E-state index contributed by atoms with van der Waals surface area (Å²) in [6.45, 7) is 3.92. The molecule has 2 aliphatic rings. The van der Waals surface area contributed by atoms with Gasteiger partial charge in [0.25, 0.3) is 0 Å². The van der Waals surface area contributed by atoms with Crippen molar-refractivity contribution in [3.8, 4) is 11.5 Å². The van der Waals surface area contributed by atoms with Crippen molar-refractivity contribution in [3.63, 3.8) is 0 Å². The highest BCUT2D eigenvalue weighted by atomic mass is 35.5. The van der Waals surface area contributed by atoms with Gasteiger partial charge in [-0.25, -0.2) is 0 Å². The van der Waals surface area contributed by atoms with E-state index in [1.54, 1.807) is 29.2 Å². The Kier molecular flexibility index (Phi) is 8.83. The molecule has 2 heterocycles.